The highest BCUT2D eigenvalue weighted by molar-refractivity contribution is 5.93. The van der Waals surface area contributed by atoms with Crippen LogP contribution in [-0.2, 0) is 9.59 Å². The molecule has 1 heterocycles. The topological polar surface area (TPSA) is 69.6 Å². The number of nitrogens with zero attached hydrogens (tertiary/aromatic N) is 1. The summed E-state index contributed by atoms with van der Waals surface area (Å²) in [6.45, 7) is 5.48. The summed E-state index contributed by atoms with van der Waals surface area (Å²) < 4.78 is 0. The summed E-state index contributed by atoms with van der Waals surface area (Å²) in [6.07, 6.45) is 2.68. The van der Waals surface area contributed by atoms with Crippen LogP contribution >= 0.6 is 0 Å². The molecule has 0 spiro atoms. The van der Waals surface area contributed by atoms with Crippen molar-refractivity contribution >= 4 is 17.6 Å². The second-order valence-corrected chi connectivity index (χ2v) is 7.02. The minimum atomic E-state index is -0.697. The fourth-order valence-corrected chi connectivity index (χ4v) is 4.14. The van der Waals surface area contributed by atoms with E-state index in [2.05, 4.69) is 5.32 Å². The lowest BCUT2D eigenvalue weighted by atomic mass is 9.81. The Bertz CT molecular complexity index is 643. The number of aliphatic carboxylic acids is 1. The van der Waals surface area contributed by atoms with Crippen LogP contribution in [0, 0.1) is 25.2 Å². The number of carbonyl (C=O) groups is 2. The van der Waals surface area contributed by atoms with Gasteiger partial charge in [-0.1, -0.05) is 18.6 Å². The van der Waals surface area contributed by atoms with Crippen molar-refractivity contribution in [1.82, 2.24) is 4.90 Å². The maximum atomic E-state index is 12.3. The van der Waals surface area contributed by atoms with E-state index in [0.717, 1.165) is 36.1 Å². The number of benzene rings is 1. The first-order valence-corrected chi connectivity index (χ1v) is 8.24. The van der Waals surface area contributed by atoms with Crippen molar-refractivity contribution in [3.63, 3.8) is 0 Å². The number of nitrogens with one attached hydrogen (secondary N) is 1. The van der Waals surface area contributed by atoms with E-state index in [0.29, 0.717) is 13.1 Å². The van der Waals surface area contributed by atoms with E-state index in [1.807, 2.05) is 36.9 Å². The minimum absolute atomic E-state index is 0.0702. The number of hydrogen-bond donors (Lipinski definition) is 2. The van der Waals surface area contributed by atoms with Gasteiger partial charge in [0.05, 0.1) is 12.0 Å². The molecular weight excluding hydrogens is 292 g/mol. The molecule has 1 saturated heterocycles. The lowest BCUT2D eigenvalue weighted by Gasteiger charge is -2.23. The van der Waals surface area contributed by atoms with Crippen LogP contribution in [0.3, 0.4) is 0 Å². The molecule has 0 radical (unpaired) electrons. The zero-order valence-electron chi connectivity index (χ0n) is 13.8. The van der Waals surface area contributed by atoms with E-state index in [9.17, 15) is 14.7 Å². The largest absolute Gasteiger partial charge is 0.481 e. The molecule has 124 valence electrons. The molecule has 1 amide bonds. The Balaban J connectivity index is 1.63. The van der Waals surface area contributed by atoms with Gasteiger partial charge in [0.15, 0.2) is 0 Å². The van der Waals surface area contributed by atoms with Crippen LogP contribution in [0.4, 0.5) is 5.69 Å². The van der Waals surface area contributed by atoms with E-state index < -0.39 is 11.4 Å². The number of aryl methyl sites for hydroxylation is 1. The number of hydrogen-bond acceptors (Lipinski definition) is 3. The molecule has 1 aliphatic carbocycles. The van der Waals surface area contributed by atoms with Crippen LogP contribution in [0.5, 0.6) is 0 Å². The molecule has 2 atom stereocenters. The molecule has 5 nitrogen and oxygen atoms in total. The van der Waals surface area contributed by atoms with Gasteiger partial charge < -0.3 is 10.4 Å². The van der Waals surface area contributed by atoms with Gasteiger partial charge >= 0.3 is 5.97 Å². The Labute approximate surface area is 136 Å². The van der Waals surface area contributed by atoms with Crippen molar-refractivity contribution in [3.05, 3.63) is 29.3 Å². The van der Waals surface area contributed by atoms with Gasteiger partial charge in [-0.05, 0) is 49.8 Å². The highest BCUT2D eigenvalue weighted by Crippen LogP contribution is 2.48. The van der Waals surface area contributed by atoms with Crippen LogP contribution < -0.4 is 5.32 Å². The van der Waals surface area contributed by atoms with Crippen LogP contribution in [0.1, 0.15) is 30.4 Å². The van der Waals surface area contributed by atoms with Gasteiger partial charge in [0.1, 0.15) is 0 Å². The fourth-order valence-electron chi connectivity index (χ4n) is 4.14. The highest BCUT2D eigenvalue weighted by atomic mass is 16.4. The summed E-state index contributed by atoms with van der Waals surface area (Å²) in [5, 5.41) is 12.6. The molecular formula is C18H24N2O3. The summed E-state index contributed by atoms with van der Waals surface area (Å²) >= 11 is 0. The predicted molar refractivity (Wildman–Crippen MR) is 88.4 cm³/mol. The van der Waals surface area contributed by atoms with Crippen molar-refractivity contribution in [2.24, 2.45) is 11.3 Å². The number of likely N-dealkylation sites (tertiary alicyclic amines) is 1. The molecule has 1 aromatic rings. The number of carboxylic acid groups (broad SMARTS) is 1. The van der Waals surface area contributed by atoms with E-state index in [4.69, 9.17) is 0 Å². The van der Waals surface area contributed by atoms with Gasteiger partial charge in [-0.15, -0.1) is 0 Å². The SMILES string of the molecule is Cc1cccc(NC(=O)CN2C[C@@H]3CCC[C@@]3(C(=O)O)C2)c1C. The highest BCUT2D eigenvalue weighted by Gasteiger charge is 2.54. The second-order valence-electron chi connectivity index (χ2n) is 7.02. The number of fused-ring (bicyclic) bond motifs is 1. The van der Waals surface area contributed by atoms with Crippen molar-refractivity contribution < 1.29 is 14.7 Å². The number of anilines is 1. The summed E-state index contributed by atoms with van der Waals surface area (Å²) in [7, 11) is 0. The zero-order valence-corrected chi connectivity index (χ0v) is 13.8. The lowest BCUT2D eigenvalue weighted by molar-refractivity contribution is -0.149. The monoisotopic (exact) mass is 316 g/mol. The van der Waals surface area contributed by atoms with Gasteiger partial charge in [0.25, 0.3) is 0 Å². The van der Waals surface area contributed by atoms with Crippen molar-refractivity contribution in [3.8, 4) is 0 Å². The van der Waals surface area contributed by atoms with Crippen molar-refractivity contribution in [2.45, 2.75) is 33.1 Å². The minimum Gasteiger partial charge on any atom is -0.481 e. The standard InChI is InChI=1S/C18H24N2O3/c1-12-5-3-7-15(13(12)2)19-16(21)10-20-9-14-6-4-8-18(14,11-20)17(22)23/h3,5,7,14H,4,6,8-11H2,1-2H3,(H,19,21)(H,22,23)/t14-,18+/m0/s1. The summed E-state index contributed by atoms with van der Waals surface area (Å²) in [5.41, 5.74) is 2.42. The third-order valence-corrected chi connectivity index (χ3v) is 5.61. The molecule has 5 heteroatoms. The smallest absolute Gasteiger partial charge is 0.311 e. The maximum absolute atomic E-state index is 12.3. The third kappa shape index (κ3) is 2.85. The fraction of sp³-hybridized carbons (Fsp3) is 0.556. The maximum Gasteiger partial charge on any atom is 0.311 e. The molecule has 3 rings (SSSR count). The summed E-state index contributed by atoms with van der Waals surface area (Å²) in [6, 6.07) is 5.85. The number of carbonyl (C=O) groups excluding carboxylic acids is 1. The first-order chi connectivity index (χ1) is 10.9. The molecule has 1 aromatic carbocycles. The van der Waals surface area contributed by atoms with E-state index in [-0.39, 0.29) is 18.4 Å². The molecule has 1 aliphatic heterocycles. The summed E-state index contributed by atoms with van der Waals surface area (Å²) in [4.78, 5) is 26.0. The second kappa shape index (κ2) is 5.96. The van der Waals surface area contributed by atoms with E-state index in [1.165, 1.54) is 0 Å². The molecule has 0 unspecified atom stereocenters. The molecule has 2 N–H and O–H groups in total. The number of rotatable bonds is 4. The van der Waals surface area contributed by atoms with Crippen LogP contribution in [-0.4, -0.2) is 41.5 Å². The van der Waals surface area contributed by atoms with Gasteiger partial charge in [0.2, 0.25) is 5.91 Å². The Morgan fingerprint density at radius 2 is 2.17 bits per heavy atom. The molecule has 2 fully saturated rings. The average molecular weight is 316 g/mol. The van der Waals surface area contributed by atoms with Crippen LogP contribution in [0.2, 0.25) is 0 Å². The van der Waals surface area contributed by atoms with Gasteiger partial charge in [0, 0.05) is 18.8 Å². The first-order valence-electron chi connectivity index (χ1n) is 8.24. The number of amides is 1. The average Bonchev–Trinajstić information content (AvgIpc) is 3.01. The first kappa shape index (κ1) is 16.0. The Morgan fingerprint density at radius 3 is 2.87 bits per heavy atom. The lowest BCUT2D eigenvalue weighted by Crippen LogP contribution is -2.37. The van der Waals surface area contributed by atoms with Gasteiger partial charge in [-0.25, -0.2) is 0 Å². The summed E-state index contributed by atoms with van der Waals surface area (Å²) in [5.74, 6) is -0.579. The molecule has 0 aromatic heterocycles. The normalized spacial score (nSPS) is 27.0. The number of carboxylic acids is 1. The van der Waals surface area contributed by atoms with Gasteiger partial charge in [-0.3, -0.25) is 14.5 Å². The van der Waals surface area contributed by atoms with Crippen molar-refractivity contribution in [2.75, 3.05) is 25.0 Å². The molecule has 2 aliphatic rings. The van der Waals surface area contributed by atoms with Crippen LogP contribution in [0.15, 0.2) is 18.2 Å². The van der Waals surface area contributed by atoms with Gasteiger partial charge in [-0.2, -0.15) is 0 Å². The zero-order chi connectivity index (χ0) is 16.6. The van der Waals surface area contributed by atoms with Crippen molar-refractivity contribution in [1.29, 1.82) is 0 Å². The quantitative estimate of drug-likeness (QED) is 0.895. The van der Waals surface area contributed by atoms with Crippen LogP contribution in [0.25, 0.3) is 0 Å². The Kier molecular flexibility index (Phi) is 4.15. The molecule has 23 heavy (non-hydrogen) atoms. The Hall–Kier alpha value is -1.88. The Morgan fingerprint density at radius 1 is 1.39 bits per heavy atom. The predicted octanol–water partition coefficient (Wildman–Crippen LogP) is 2.43. The third-order valence-electron chi connectivity index (χ3n) is 5.61. The molecule has 1 saturated carbocycles. The van der Waals surface area contributed by atoms with E-state index in [1.54, 1.807) is 0 Å². The molecule has 0 bridgehead atoms. The van der Waals surface area contributed by atoms with E-state index >= 15 is 0 Å².